The summed E-state index contributed by atoms with van der Waals surface area (Å²) in [6.07, 6.45) is 1.09. The lowest BCUT2D eigenvalue weighted by atomic mass is 10.2. The first-order chi connectivity index (χ1) is 15.9. The summed E-state index contributed by atoms with van der Waals surface area (Å²) in [5, 5.41) is 4.22. The van der Waals surface area contributed by atoms with Gasteiger partial charge < -0.3 is 5.32 Å². The number of nitrogens with one attached hydrogen (secondary N) is 1. The van der Waals surface area contributed by atoms with Crippen LogP contribution in [0.5, 0.6) is 0 Å². The van der Waals surface area contributed by atoms with Crippen LogP contribution in [0.15, 0.2) is 77.7 Å². The van der Waals surface area contributed by atoms with Crippen molar-refractivity contribution in [3.63, 3.8) is 0 Å². The third kappa shape index (κ3) is 4.39. The van der Waals surface area contributed by atoms with Crippen molar-refractivity contribution in [2.45, 2.75) is 23.8 Å². The fourth-order valence-electron chi connectivity index (χ4n) is 3.98. The zero-order valence-corrected chi connectivity index (χ0v) is 19.8. The summed E-state index contributed by atoms with van der Waals surface area (Å²) >= 11 is 7.48. The molecule has 5 rings (SSSR count). The number of para-hydroxylation sites is 1. The van der Waals surface area contributed by atoms with Crippen LogP contribution < -0.4 is 5.32 Å². The number of hydrogen-bond acceptors (Lipinski definition) is 5. The summed E-state index contributed by atoms with van der Waals surface area (Å²) in [7, 11) is -3.80. The van der Waals surface area contributed by atoms with Gasteiger partial charge in [0, 0.05) is 22.8 Å². The molecule has 1 unspecified atom stereocenters. The van der Waals surface area contributed by atoms with Gasteiger partial charge in [-0.05, 0) is 61.4 Å². The second kappa shape index (κ2) is 8.87. The van der Waals surface area contributed by atoms with Gasteiger partial charge in [-0.3, -0.25) is 4.79 Å². The molecular weight excluding hydrogens is 478 g/mol. The van der Waals surface area contributed by atoms with E-state index < -0.39 is 16.1 Å². The lowest BCUT2D eigenvalue weighted by Crippen LogP contribution is -2.43. The van der Waals surface area contributed by atoms with Crippen molar-refractivity contribution in [1.29, 1.82) is 0 Å². The summed E-state index contributed by atoms with van der Waals surface area (Å²) < 4.78 is 28.6. The fourth-order valence-corrected chi connectivity index (χ4v) is 6.73. The van der Waals surface area contributed by atoms with Crippen molar-refractivity contribution in [2.24, 2.45) is 0 Å². The van der Waals surface area contributed by atoms with Crippen LogP contribution in [-0.4, -0.2) is 36.2 Å². The standard InChI is InChI=1S/C24H20ClN3O3S2/c25-17-10-12-19(13-11-17)33(30,31)28-14-4-8-21(28)23(29)26-18-6-3-5-16(15-18)24-27-20-7-1-2-9-22(20)32-24/h1-3,5-7,9-13,15,21H,4,8,14H2,(H,26,29). The van der Waals surface area contributed by atoms with Crippen molar-refractivity contribution in [1.82, 2.24) is 9.29 Å². The molecule has 0 spiro atoms. The largest absolute Gasteiger partial charge is 0.325 e. The van der Waals surface area contributed by atoms with E-state index in [1.807, 2.05) is 42.5 Å². The van der Waals surface area contributed by atoms with E-state index in [2.05, 4.69) is 10.3 Å². The molecule has 1 N–H and O–H groups in total. The van der Waals surface area contributed by atoms with Gasteiger partial charge in [0.2, 0.25) is 15.9 Å². The molecule has 6 nitrogen and oxygen atoms in total. The number of carbonyl (C=O) groups excluding carboxylic acids is 1. The van der Waals surface area contributed by atoms with Gasteiger partial charge in [-0.1, -0.05) is 35.9 Å². The van der Waals surface area contributed by atoms with E-state index >= 15 is 0 Å². The lowest BCUT2D eigenvalue weighted by molar-refractivity contribution is -0.119. The monoisotopic (exact) mass is 497 g/mol. The van der Waals surface area contributed by atoms with Gasteiger partial charge in [0.15, 0.2) is 0 Å². The molecule has 1 aliphatic rings. The third-order valence-corrected chi connectivity index (χ3v) is 8.86. The first kappa shape index (κ1) is 22.0. The first-order valence-corrected chi connectivity index (χ1v) is 13.1. The van der Waals surface area contributed by atoms with Crippen molar-refractivity contribution in [3.8, 4) is 10.6 Å². The molecule has 1 fully saturated rings. The Morgan fingerprint density at radius 3 is 2.64 bits per heavy atom. The zero-order chi connectivity index (χ0) is 23.0. The molecule has 1 aliphatic heterocycles. The minimum atomic E-state index is -3.80. The second-order valence-corrected chi connectivity index (χ2v) is 11.1. The summed E-state index contributed by atoms with van der Waals surface area (Å²) in [5.74, 6) is -0.341. The molecule has 168 valence electrons. The van der Waals surface area contributed by atoms with Crippen molar-refractivity contribution >= 4 is 54.8 Å². The van der Waals surface area contributed by atoms with Gasteiger partial charge in [0.1, 0.15) is 11.0 Å². The van der Waals surface area contributed by atoms with E-state index in [0.29, 0.717) is 30.1 Å². The van der Waals surface area contributed by atoms with E-state index in [-0.39, 0.29) is 10.8 Å². The van der Waals surface area contributed by atoms with E-state index in [9.17, 15) is 13.2 Å². The SMILES string of the molecule is O=C(Nc1cccc(-c2nc3ccccc3s2)c1)C1CCCN1S(=O)(=O)c1ccc(Cl)cc1. The predicted molar refractivity (Wildman–Crippen MR) is 132 cm³/mol. The Labute approximate surface area is 200 Å². The molecular formula is C24H20ClN3O3S2. The molecule has 1 saturated heterocycles. The van der Waals surface area contributed by atoms with Crippen molar-refractivity contribution < 1.29 is 13.2 Å². The highest BCUT2D eigenvalue weighted by Crippen LogP contribution is 2.32. The Hall–Kier alpha value is -2.78. The normalized spacial score (nSPS) is 16.8. The molecule has 1 atom stereocenters. The minimum Gasteiger partial charge on any atom is -0.325 e. The first-order valence-electron chi connectivity index (χ1n) is 10.5. The number of fused-ring (bicyclic) bond motifs is 1. The number of hydrogen-bond donors (Lipinski definition) is 1. The van der Waals surface area contributed by atoms with Gasteiger partial charge in [0.05, 0.1) is 15.1 Å². The number of nitrogens with zero attached hydrogens (tertiary/aromatic N) is 2. The average molecular weight is 498 g/mol. The smallest absolute Gasteiger partial charge is 0.243 e. The molecule has 0 aliphatic carbocycles. The summed E-state index contributed by atoms with van der Waals surface area (Å²) in [6, 6.07) is 20.6. The van der Waals surface area contributed by atoms with Crippen LogP contribution in [0, 0.1) is 0 Å². The van der Waals surface area contributed by atoms with Crippen LogP contribution in [-0.2, 0) is 14.8 Å². The Morgan fingerprint density at radius 1 is 1.06 bits per heavy atom. The van der Waals surface area contributed by atoms with Crippen LogP contribution in [0.1, 0.15) is 12.8 Å². The van der Waals surface area contributed by atoms with Gasteiger partial charge in [-0.2, -0.15) is 4.31 Å². The molecule has 1 aromatic heterocycles. The van der Waals surface area contributed by atoms with Gasteiger partial charge in [-0.25, -0.2) is 13.4 Å². The number of sulfonamides is 1. The molecule has 1 amide bonds. The summed E-state index contributed by atoms with van der Waals surface area (Å²) in [4.78, 5) is 17.9. The highest BCUT2D eigenvalue weighted by atomic mass is 35.5. The number of rotatable bonds is 5. The van der Waals surface area contributed by atoms with Crippen LogP contribution in [0.25, 0.3) is 20.8 Å². The Kier molecular flexibility index (Phi) is 5.92. The van der Waals surface area contributed by atoms with E-state index in [1.54, 1.807) is 17.4 Å². The van der Waals surface area contributed by atoms with Crippen molar-refractivity contribution in [3.05, 3.63) is 77.8 Å². The molecule has 9 heteroatoms. The van der Waals surface area contributed by atoms with Crippen LogP contribution >= 0.6 is 22.9 Å². The van der Waals surface area contributed by atoms with Gasteiger partial charge in [-0.15, -0.1) is 11.3 Å². The third-order valence-electron chi connectivity index (χ3n) is 5.60. The van der Waals surface area contributed by atoms with Crippen molar-refractivity contribution in [2.75, 3.05) is 11.9 Å². The number of amides is 1. The quantitative estimate of drug-likeness (QED) is 0.400. The maximum atomic E-state index is 13.1. The molecule has 4 aromatic rings. The van der Waals surface area contributed by atoms with E-state index in [1.165, 1.54) is 28.6 Å². The molecule has 0 saturated carbocycles. The van der Waals surface area contributed by atoms with Crippen LogP contribution in [0.2, 0.25) is 5.02 Å². The number of thiazole rings is 1. The fraction of sp³-hybridized carbons (Fsp3) is 0.167. The Morgan fingerprint density at radius 2 is 1.85 bits per heavy atom. The topological polar surface area (TPSA) is 79.4 Å². The number of aromatic nitrogens is 1. The lowest BCUT2D eigenvalue weighted by Gasteiger charge is -2.23. The maximum Gasteiger partial charge on any atom is 0.243 e. The number of benzene rings is 3. The zero-order valence-electron chi connectivity index (χ0n) is 17.4. The molecule has 0 radical (unpaired) electrons. The number of carbonyl (C=O) groups is 1. The number of anilines is 1. The van der Waals surface area contributed by atoms with E-state index in [0.717, 1.165) is 20.8 Å². The minimum absolute atomic E-state index is 0.129. The average Bonchev–Trinajstić information content (AvgIpc) is 3.47. The van der Waals surface area contributed by atoms with Crippen LogP contribution in [0.4, 0.5) is 5.69 Å². The van der Waals surface area contributed by atoms with Gasteiger partial charge >= 0.3 is 0 Å². The summed E-state index contributed by atoms with van der Waals surface area (Å²) in [5.41, 5.74) is 2.43. The second-order valence-electron chi connectivity index (χ2n) is 7.78. The molecule has 0 bridgehead atoms. The number of halogens is 1. The molecule has 3 aromatic carbocycles. The highest BCUT2D eigenvalue weighted by molar-refractivity contribution is 7.89. The Balaban J connectivity index is 1.37. The molecule has 2 heterocycles. The predicted octanol–water partition coefficient (Wildman–Crippen LogP) is 5.41. The van der Waals surface area contributed by atoms with Crippen LogP contribution in [0.3, 0.4) is 0 Å². The highest BCUT2D eigenvalue weighted by Gasteiger charge is 2.39. The van der Waals surface area contributed by atoms with Gasteiger partial charge in [0.25, 0.3) is 0 Å². The molecule has 33 heavy (non-hydrogen) atoms. The maximum absolute atomic E-state index is 13.1. The Bertz CT molecular complexity index is 1400. The summed E-state index contributed by atoms with van der Waals surface area (Å²) in [6.45, 7) is 0.300. The van der Waals surface area contributed by atoms with E-state index in [4.69, 9.17) is 11.6 Å².